The lowest BCUT2D eigenvalue weighted by molar-refractivity contribution is -0.145. The van der Waals surface area contributed by atoms with Crippen LogP contribution in [0.4, 0.5) is 5.69 Å². The first kappa shape index (κ1) is 15.0. The number of methoxy groups -OCH3 is 1. The van der Waals surface area contributed by atoms with E-state index in [4.69, 9.17) is 0 Å². The Labute approximate surface area is 132 Å². The first-order valence-electron chi connectivity index (χ1n) is 5.75. The van der Waals surface area contributed by atoms with E-state index in [-0.39, 0.29) is 18.9 Å². The molecule has 1 aliphatic heterocycles. The van der Waals surface area contributed by atoms with Gasteiger partial charge in [-0.2, -0.15) is 5.26 Å². The van der Waals surface area contributed by atoms with E-state index in [0.717, 1.165) is 4.47 Å². The molecule has 1 fully saturated rings. The van der Waals surface area contributed by atoms with E-state index in [1.54, 1.807) is 12.1 Å². The van der Waals surface area contributed by atoms with Gasteiger partial charge >= 0.3 is 5.97 Å². The van der Waals surface area contributed by atoms with Crippen LogP contribution in [0.2, 0.25) is 0 Å². The van der Waals surface area contributed by atoms with Gasteiger partial charge in [0, 0.05) is 21.9 Å². The van der Waals surface area contributed by atoms with Crippen LogP contribution in [0.25, 0.3) is 0 Å². The van der Waals surface area contributed by atoms with Gasteiger partial charge in [0.1, 0.15) is 6.07 Å². The van der Waals surface area contributed by atoms with Crippen molar-refractivity contribution in [2.45, 2.75) is 6.42 Å². The van der Waals surface area contributed by atoms with Crippen LogP contribution < -0.4 is 4.90 Å². The summed E-state index contributed by atoms with van der Waals surface area (Å²) < 4.78 is 6.03. The molecule has 1 heterocycles. The molecule has 1 aromatic carbocycles. The number of hydrogen-bond acceptors (Lipinski definition) is 4. The fourth-order valence-corrected chi connectivity index (χ4v) is 3.61. The summed E-state index contributed by atoms with van der Waals surface area (Å²) in [6, 6.07) is 5.46. The molecule has 1 amide bonds. The second-order valence-electron chi connectivity index (χ2n) is 4.32. The third-order valence-electron chi connectivity index (χ3n) is 3.08. The molecule has 0 bridgehead atoms. The summed E-state index contributed by atoms with van der Waals surface area (Å²) >= 11 is 6.66. The molecule has 1 aromatic rings. The molecule has 0 aromatic heterocycles. The first-order chi connectivity index (χ1) is 9.47. The highest BCUT2D eigenvalue weighted by Crippen LogP contribution is 2.36. The largest absolute Gasteiger partial charge is 0.469 e. The number of carbonyl (C=O) groups excluding carboxylic acids is 2. The summed E-state index contributed by atoms with van der Waals surface area (Å²) in [6.45, 7) is 0.223. The molecule has 7 heteroatoms. The van der Waals surface area contributed by atoms with Crippen molar-refractivity contribution < 1.29 is 14.3 Å². The highest BCUT2D eigenvalue weighted by Gasteiger charge is 2.37. The second kappa shape index (κ2) is 5.94. The average Bonchev–Trinajstić information content (AvgIpc) is 2.78. The molecule has 0 aliphatic carbocycles. The summed E-state index contributed by atoms with van der Waals surface area (Å²) in [4.78, 5) is 25.1. The number of esters is 1. The molecule has 5 nitrogen and oxygen atoms in total. The van der Waals surface area contributed by atoms with Crippen LogP contribution in [0.15, 0.2) is 21.1 Å². The molecule has 0 N–H and O–H groups in total. The van der Waals surface area contributed by atoms with Gasteiger partial charge in [-0.1, -0.05) is 15.9 Å². The molecular weight excluding hydrogens is 392 g/mol. The van der Waals surface area contributed by atoms with Crippen molar-refractivity contribution in [2.24, 2.45) is 5.92 Å². The minimum Gasteiger partial charge on any atom is -0.469 e. The molecule has 104 valence electrons. The summed E-state index contributed by atoms with van der Waals surface area (Å²) in [7, 11) is 1.30. The van der Waals surface area contributed by atoms with Crippen LogP contribution in [-0.4, -0.2) is 25.5 Å². The van der Waals surface area contributed by atoms with Crippen LogP contribution in [0.1, 0.15) is 12.0 Å². The number of carbonyl (C=O) groups is 2. The van der Waals surface area contributed by atoms with Gasteiger partial charge in [0.15, 0.2) is 0 Å². The Bertz CT molecular complexity index is 625. The maximum Gasteiger partial charge on any atom is 0.311 e. The fourth-order valence-electron chi connectivity index (χ4n) is 2.17. The van der Waals surface area contributed by atoms with E-state index < -0.39 is 11.9 Å². The van der Waals surface area contributed by atoms with Crippen molar-refractivity contribution in [1.82, 2.24) is 0 Å². The summed E-state index contributed by atoms with van der Waals surface area (Å²) in [5.41, 5.74) is 0.859. The van der Waals surface area contributed by atoms with Crippen molar-refractivity contribution in [3.63, 3.8) is 0 Å². The molecule has 1 aliphatic rings. The lowest BCUT2D eigenvalue weighted by Gasteiger charge is -2.19. The molecule has 20 heavy (non-hydrogen) atoms. The Morgan fingerprint density at radius 3 is 2.80 bits per heavy atom. The molecule has 2 rings (SSSR count). The van der Waals surface area contributed by atoms with Crippen molar-refractivity contribution in [3.05, 3.63) is 26.6 Å². The molecular formula is C13H10Br2N2O3. The van der Waals surface area contributed by atoms with Gasteiger partial charge in [0.2, 0.25) is 5.91 Å². The minimum absolute atomic E-state index is 0.0973. The van der Waals surface area contributed by atoms with Gasteiger partial charge in [-0.3, -0.25) is 9.59 Å². The van der Waals surface area contributed by atoms with Gasteiger partial charge in [-0.25, -0.2) is 0 Å². The Kier molecular flexibility index (Phi) is 4.45. The predicted molar refractivity (Wildman–Crippen MR) is 79.0 cm³/mol. The molecule has 0 saturated carbocycles. The Balaban J connectivity index is 2.41. The molecule has 1 atom stereocenters. The van der Waals surface area contributed by atoms with E-state index in [0.29, 0.717) is 15.7 Å². The fraction of sp³-hybridized carbons (Fsp3) is 0.308. The van der Waals surface area contributed by atoms with Crippen molar-refractivity contribution in [2.75, 3.05) is 18.6 Å². The highest BCUT2D eigenvalue weighted by molar-refractivity contribution is 9.11. The first-order valence-corrected chi connectivity index (χ1v) is 7.34. The Morgan fingerprint density at radius 2 is 2.20 bits per heavy atom. The topological polar surface area (TPSA) is 70.4 Å². The molecule has 0 radical (unpaired) electrons. The zero-order valence-corrected chi connectivity index (χ0v) is 13.7. The van der Waals surface area contributed by atoms with Crippen LogP contribution >= 0.6 is 31.9 Å². The average molecular weight is 402 g/mol. The highest BCUT2D eigenvalue weighted by atomic mass is 79.9. The van der Waals surface area contributed by atoms with Crippen molar-refractivity contribution in [1.29, 1.82) is 5.26 Å². The number of ether oxygens (including phenoxy) is 1. The van der Waals surface area contributed by atoms with Crippen molar-refractivity contribution >= 4 is 49.4 Å². The van der Waals surface area contributed by atoms with Gasteiger partial charge in [0.25, 0.3) is 0 Å². The van der Waals surface area contributed by atoms with Crippen molar-refractivity contribution in [3.8, 4) is 6.07 Å². The number of benzene rings is 1. The van der Waals surface area contributed by atoms with Gasteiger partial charge in [-0.05, 0) is 28.1 Å². The summed E-state index contributed by atoms with van der Waals surface area (Å²) in [5.74, 6) is -1.10. The monoisotopic (exact) mass is 400 g/mol. The Morgan fingerprint density at radius 1 is 1.50 bits per heavy atom. The molecule has 0 spiro atoms. The quantitative estimate of drug-likeness (QED) is 0.714. The number of nitriles is 1. The summed E-state index contributed by atoms with van der Waals surface area (Å²) in [6.07, 6.45) is 0.0973. The van der Waals surface area contributed by atoms with Crippen LogP contribution in [0.3, 0.4) is 0 Å². The van der Waals surface area contributed by atoms with E-state index in [2.05, 4.69) is 42.7 Å². The van der Waals surface area contributed by atoms with Crippen LogP contribution in [-0.2, 0) is 14.3 Å². The van der Waals surface area contributed by atoms with Gasteiger partial charge in [0.05, 0.1) is 24.3 Å². The summed E-state index contributed by atoms with van der Waals surface area (Å²) in [5, 5.41) is 9.21. The van der Waals surface area contributed by atoms with Gasteiger partial charge in [-0.15, -0.1) is 0 Å². The number of halogens is 2. The zero-order chi connectivity index (χ0) is 14.9. The van der Waals surface area contributed by atoms with Crippen LogP contribution in [0.5, 0.6) is 0 Å². The zero-order valence-electron chi connectivity index (χ0n) is 10.5. The standard InChI is InChI=1S/C13H10Br2N2O3/c1-20-13(19)8-3-11(18)17(6-8)12-7(5-16)2-9(14)4-10(12)15/h2,4,8H,3,6H2,1H3. The van der Waals surface area contributed by atoms with E-state index in [1.807, 2.05) is 0 Å². The minimum atomic E-state index is -0.491. The number of amides is 1. The van der Waals surface area contributed by atoms with Crippen LogP contribution in [0, 0.1) is 17.2 Å². The lowest BCUT2D eigenvalue weighted by Crippen LogP contribution is -2.27. The Hall–Kier alpha value is -1.39. The second-order valence-corrected chi connectivity index (χ2v) is 6.09. The molecule has 1 unspecified atom stereocenters. The normalized spacial score (nSPS) is 18.0. The smallest absolute Gasteiger partial charge is 0.311 e. The SMILES string of the molecule is COC(=O)C1CC(=O)N(c2c(Br)cc(Br)cc2C#N)C1. The number of anilines is 1. The van der Waals surface area contributed by atoms with E-state index in [9.17, 15) is 14.9 Å². The van der Waals surface area contributed by atoms with E-state index >= 15 is 0 Å². The number of rotatable bonds is 2. The maximum absolute atomic E-state index is 12.1. The number of hydrogen-bond donors (Lipinski definition) is 0. The van der Waals surface area contributed by atoms with Gasteiger partial charge < -0.3 is 9.64 Å². The lowest BCUT2D eigenvalue weighted by atomic mass is 10.1. The van der Waals surface area contributed by atoms with E-state index in [1.165, 1.54) is 12.0 Å². The third-order valence-corrected chi connectivity index (χ3v) is 4.14. The maximum atomic E-state index is 12.1. The predicted octanol–water partition coefficient (Wildman–Crippen LogP) is 2.61. The number of nitrogens with zero attached hydrogens (tertiary/aromatic N) is 2. The molecule has 1 saturated heterocycles. The third kappa shape index (κ3) is 2.72.